The lowest BCUT2D eigenvalue weighted by Gasteiger charge is -2.27. The number of carbonyl (C=O) groups is 1. The number of ether oxygens (including phenoxy) is 4. The Morgan fingerprint density at radius 2 is 0.974 bits per heavy atom. The predicted molar refractivity (Wildman–Crippen MR) is 153 cm³/mol. The first-order valence-electron chi connectivity index (χ1n) is 12.9. The van der Waals surface area contributed by atoms with Gasteiger partial charge in [-0.3, -0.25) is 4.79 Å². The van der Waals surface area contributed by atoms with Crippen LogP contribution in [0.1, 0.15) is 27.2 Å². The molecule has 0 fully saturated rings. The third-order valence-corrected chi connectivity index (χ3v) is 10.2. The van der Waals surface area contributed by atoms with Gasteiger partial charge in [-0.1, -0.05) is 54.6 Å². The molecule has 38 heavy (non-hydrogen) atoms. The molecule has 0 unspecified atom stereocenters. The van der Waals surface area contributed by atoms with E-state index in [1.54, 1.807) is 0 Å². The Hall–Kier alpha value is -1.83. The summed E-state index contributed by atoms with van der Waals surface area (Å²) in [4.78, 5) is 11.7. The van der Waals surface area contributed by atoms with Crippen molar-refractivity contribution in [1.82, 2.24) is 0 Å². The van der Waals surface area contributed by atoms with Crippen molar-refractivity contribution in [3.05, 3.63) is 91.0 Å². The molecule has 0 spiro atoms. The highest BCUT2D eigenvalue weighted by Gasteiger charge is 2.44. The van der Waals surface area contributed by atoms with Gasteiger partial charge in [-0.2, -0.15) is 0 Å². The van der Waals surface area contributed by atoms with Gasteiger partial charge in [-0.25, -0.2) is 0 Å². The highest BCUT2D eigenvalue weighted by atomic mass is 127. The zero-order chi connectivity index (χ0) is 26.4. The lowest BCUT2D eigenvalue weighted by Crippen LogP contribution is -3.00. The first kappa shape index (κ1) is 32.4. The summed E-state index contributed by atoms with van der Waals surface area (Å²) >= 11 is 0. The smallest absolute Gasteiger partial charge is 0.308 e. The van der Waals surface area contributed by atoms with Crippen LogP contribution in [0.3, 0.4) is 0 Å². The maximum absolute atomic E-state index is 11.7. The zero-order valence-corrected chi connectivity index (χ0v) is 25.7. The molecule has 7 heteroatoms. The molecule has 0 bridgehead atoms. The number of esters is 1. The average Bonchev–Trinajstić information content (AvgIpc) is 2.90. The van der Waals surface area contributed by atoms with Crippen molar-refractivity contribution in [2.24, 2.45) is 0 Å². The summed E-state index contributed by atoms with van der Waals surface area (Å²) in [5.74, 6) is -0.248. The second-order valence-electron chi connectivity index (χ2n) is 9.71. The quantitative estimate of drug-likeness (QED) is 0.109. The molecule has 206 valence electrons. The van der Waals surface area contributed by atoms with Crippen LogP contribution in [0.25, 0.3) is 0 Å². The number of halogens is 1. The number of hydrogen-bond acceptors (Lipinski definition) is 5. The molecule has 0 aromatic heterocycles. The fourth-order valence-corrected chi connectivity index (χ4v) is 8.29. The van der Waals surface area contributed by atoms with E-state index >= 15 is 0 Å². The van der Waals surface area contributed by atoms with E-state index in [0.717, 1.165) is 6.16 Å². The second kappa shape index (κ2) is 17.0. The van der Waals surface area contributed by atoms with Crippen molar-refractivity contribution in [2.45, 2.75) is 32.8 Å². The third-order valence-electron chi connectivity index (χ3n) is 5.78. The fourth-order valence-electron chi connectivity index (χ4n) is 4.17. The summed E-state index contributed by atoms with van der Waals surface area (Å²) in [6.45, 7) is 8.47. The van der Waals surface area contributed by atoms with Gasteiger partial charge < -0.3 is 42.9 Å². The molecular formula is C31H40IO5P. The van der Waals surface area contributed by atoms with E-state index in [1.165, 1.54) is 15.9 Å². The van der Waals surface area contributed by atoms with E-state index in [9.17, 15) is 4.79 Å². The van der Waals surface area contributed by atoms with Gasteiger partial charge in [-0.05, 0) is 57.2 Å². The maximum Gasteiger partial charge on any atom is 0.308 e. The van der Waals surface area contributed by atoms with Crippen LogP contribution in [0.15, 0.2) is 91.0 Å². The van der Waals surface area contributed by atoms with Crippen molar-refractivity contribution in [3.63, 3.8) is 0 Å². The van der Waals surface area contributed by atoms with Gasteiger partial charge in [0.2, 0.25) is 0 Å². The van der Waals surface area contributed by atoms with E-state index in [4.69, 9.17) is 18.9 Å². The van der Waals surface area contributed by atoms with Crippen LogP contribution >= 0.6 is 7.26 Å². The Kier molecular flexibility index (Phi) is 14.5. The van der Waals surface area contributed by atoms with Crippen LogP contribution in [0.5, 0.6) is 0 Å². The first-order valence-corrected chi connectivity index (χ1v) is 14.9. The maximum atomic E-state index is 11.7. The van der Waals surface area contributed by atoms with Gasteiger partial charge in [-0.15, -0.1) is 0 Å². The highest BCUT2D eigenvalue weighted by Crippen LogP contribution is 2.54. The summed E-state index contributed by atoms with van der Waals surface area (Å²) in [5.41, 5.74) is -0.467. The van der Waals surface area contributed by atoms with Gasteiger partial charge in [0.05, 0.1) is 52.2 Å². The molecule has 0 aliphatic heterocycles. The van der Waals surface area contributed by atoms with Crippen LogP contribution in [0.2, 0.25) is 0 Å². The van der Waals surface area contributed by atoms with Crippen LogP contribution in [-0.4, -0.2) is 57.4 Å². The van der Waals surface area contributed by atoms with E-state index < -0.39 is 12.9 Å². The minimum Gasteiger partial charge on any atom is -1.00 e. The van der Waals surface area contributed by atoms with Gasteiger partial charge >= 0.3 is 5.97 Å². The molecule has 0 atom stereocenters. The molecule has 0 N–H and O–H groups in total. The predicted octanol–water partition coefficient (Wildman–Crippen LogP) is 1.77. The van der Waals surface area contributed by atoms with Gasteiger partial charge in [0, 0.05) is 0 Å². The van der Waals surface area contributed by atoms with E-state index in [2.05, 4.69) is 91.0 Å². The van der Waals surface area contributed by atoms with Crippen molar-refractivity contribution in [1.29, 1.82) is 0 Å². The minimum absolute atomic E-state index is 0. The topological polar surface area (TPSA) is 54.0 Å². The lowest BCUT2D eigenvalue weighted by atomic mass is 10.2. The van der Waals surface area contributed by atoms with Crippen LogP contribution in [0.4, 0.5) is 0 Å². The second-order valence-corrected chi connectivity index (χ2v) is 13.3. The Balaban J connectivity index is 0.00000507. The molecule has 0 aliphatic carbocycles. The van der Waals surface area contributed by atoms with E-state index in [0.29, 0.717) is 39.6 Å². The summed E-state index contributed by atoms with van der Waals surface area (Å²) < 4.78 is 22.5. The van der Waals surface area contributed by atoms with Crippen molar-refractivity contribution < 1.29 is 47.7 Å². The molecular weight excluding hydrogens is 610 g/mol. The van der Waals surface area contributed by atoms with Crippen LogP contribution in [-0.2, 0) is 23.7 Å². The van der Waals surface area contributed by atoms with Crippen molar-refractivity contribution >= 4 is 29.1 Å². The Morgan fingerprint density at radius 1 is 0.605 bits per heavy atom. The SMILES string of the molecule is CC(C)(C)OC(=O)CCOCCOCCOCC[P+](c1ccccc1)(c1ccccc1)c1ccccc1.[I-]. The highest BCUT2D eigenvalue weighted by molar-refractivity contribution is 7.95. The Bertz CT molecular complexity index is 945. The molecule has 5 nitrogen and oxygen atoms in total. The minimum atomic E-state index is -1.87. The number of hydrogen-bond donors (Lipinski definition) is 0. The Morgan fingerprint density at radius 3 is 1.37 bits per heavy atom. The normalized spacial score (nSPS) is 11.6. The third kappa shape index (κ3) is 10.4. The molecule has 0 heterocycles. The number of benzene rings is 3. The lowest BCUT2D eigenvalue weighted by molar-refractivity contribution is -0.156. The number of carbonyl (C=O) groups excluding carboxylic acids is 1. The standard InChI is InChI=1S/C31H40O5P.HI/c1-31(2,3)36-30(32)19-20-33-21-22-34-23-24-35-25-26-37(27-13-7-4-8-14-27,28-15-9-5-10-16-28)29-17-11-6-12-18-29;/h4-18H,19-26H2,1-3H3;1H/q+1;/p-1. The molecule has 3 aromatic rings. The largest absolute Gasteiger partial charge is 1.00 e. The molecule has 0 saturated heterocycles. The summed E-state index contributed by atoms with van der Waals surface area (Å²) in [7, 11) is -1.87. The van der Waals surface area contributed by atoms with E-state index in [-0.39, 0.29) is 36.4 Å². The molecule has 0 radical (unpaired) electrons. The number of rotatable bonds is 15. The zero-order valence-electron chi connectivity index (χ0n) is 22.7. The molecule has 0 saturated carbocycles. The van der Waals surface area contributed by atoms with Crippen LogP contribution in [0, 0.1) is 0 Å². The summed E-state index contributed by atoms with van der Waals surface area (Å²) in [6.07, 6.45) is 1.16. The van der Waals surface area contributed by atoms with E-state index in [1.807, 2.05) is 20.8 Å². The summed E-state index contributed by atoms with van der Waals surface area (Å²) in [5, 5.41) is 4.07. The van der Waals surface area contributed by atoms with Crippen molar-refractivity contribution in [3.8, 4) is 0 Å². The van der Waals surface area contributed by atoms with Gasteiger partial charge in [0.1, 0.15) is 28.8 Å². The van der Waals surface area contributed by atoms with Gasteiger partial charge in [0.15, 0.2) is 0 Å². The first-order chi connectivity index (χ1) is 17.9. The molecule has 3 rings (SSSR count). The van der Waals surface area contributed by atoms with Gasteiger partial charge in [0.25, 0.3) is 0 Å². The average molecular weight is 651 g/mol. The van der Waals surface area contributed by atoms with Crippen LogP contribution < -0.4 is 39.9 Å². The monoisotopic (exact) mass is 650 g/mol. The fraction of sp³-hybridized carbons (Fsp3) is 0.387. The van der Waals surface area contributed by atoms with Crippen molar-refractivity contribution in [2.75, 3.05) is 45.8 Å². The molecule has 0 amide bonds. The summed E-state index contributed by atoms with van der Waals surface area (Å²) in [6, 6.07) is 32.5. The molecule has 3 aromatic carbocycles. The Labute approximate surface area is 245 Å². The molecule has 0 aliphatic rings.